The Labute approximate surface area is 123 Å². The molecule has 1 N–H and O–H groups in total. The van der Waals surface area contributed by atoms with Gasteiger partial charge in [-0.05, 0) is 24.1 Å². The van der Waals surface area contributed by atoms with Gasteiger partial charge in [-0.25, -0.2) is 9.37 Å². The van der Waals surface area contributed by atoms with E-state index in [1.165, 1.54) is 6.07 Å². The molecule has 0 saturated heterocycles. The van der Waals surface area contributed by atoms with Gasteiger partial charge >= 0.3 is 6.18 Å². The quantitative estimate of drug-likeness (QED) is 0.837. The van der Waals surface area contributed by atoms with Gasteiger partial charge in [0.2, 0.25) is 0 Å². The minimum Gasteiger partial charge on any atom is -0.369 e. The molecule has 0 bridgehead atoms. The average Bonchev–Trinajstić information content (AvgIpc) is 2.41. The zero-order chi connectivity index (χ0) is 15.5. The van der Waals surface area contributed by atoms with Crippen LogP contribution in [0.1, 0.15) is 11.1 Å². The Morgan fingerprint density at radius 3 is 2.52 bits per heavy atom. The van der Waals surface area contributed by atoms with Crippen molar-refractivity contribution >= 4 is 17.4 Å². The van der Waals surface area contributed by atoms with Gasteiger partial charge in [-0.15, -0.1) is 0 Å². The molecular formula is C14H11ClF4N2. The molecule has 0 aliphatic carbocycles. The molecule has 21 heavy (non-hydrogen) atoms. The van der Waals surface area contributed by atoms with Crippen molar-refractivity contribution in [1.29, 1.82) is 0 Å². The van der Waals surface area contributed by atoms with Crippen molar-refractivity contribution in [3.8, 4) is 0 Å². The third-order valence-corrected chi connectivity index (χ3v) is 3.10. The van der Waals surface area contributed by atoms with E-state index in [4.69, 9.17) is 11.6 Å². The summed E-state index contributed by atoms with van der Waals surface area (Å²) in [5.74, 6) is -0.188. The second-order valence-electron chi connectivity index (χ2n) is 4.32. The summed E-state index contributed by atoms with van der Waals surface area (Å²) in [5, 5.41) is 2.66. The van der Waals surface area contributed by atoms with Gasteiger partial charge < -0.3 is 5.32 Å². The van der Waals surface area contributed by atoms with Crippen LogP contribution in [0.15, 0.2) is 36.5 Å². The van der Waals surface area contributed by atoms with Crippen molar-refractivity contribution in [2.75, 3.05) is 11.9 Å². The molecule has 7 heteroatoms. The second-order valence-corrected chi connectivity index (χ2v) is 4.73. The maximum Gasteiger partial charge on any atom is 0.417 e. The summed E-state index contributed by atoms with van der Waals surface area (Å²) >= 11 is 5.75. The maximum absolute atomic E-state index is 13.4. The van der Waals surface area contributed by atoms with Crippen LogP contribution in [0, 0.1) is 5.82 Å². The van der Waals surface area contributed by atoms with Crippen LogP contribution < -0.4 is 5.32 Å². The highest BCUT2D eigenvalue weighted by molar-refractivity contribution is 6.32. The highest BCUT2D eigenvalue weighted by Gasteiger charge is 2.31. The first kappa shape index (κ1) is 15.6. The number of benzene rings is 1. The van der Waals surface area contributed by atoms with E-state index >= 15 is 0 Å². The number of anilines is 1. The molecule has 0 aliphatic heterocycles. The van der Waals surface area contributed by atoms with Crippen LogP contribution >= 0.6 is 11.6 Å². The van der Waals surface area contributed by atoms with E-state index in [0.717, 1.165) is 6.07 Å². The summed E-state index contributed by atoms with van der Waals surface area (Å²) in [5.41, 5.74) is -0.403. The number of alkyl halides is 3. The molecule has 112 valence electrons. The predicted octanol–water partition coefficient (Wildman–Crippen LogP) is 4.55. The molecule has 0 saturated carbocycles. The largest absolute Gasteiger partial charge is 0.417 e. The minimum absolute atomic E-state index is 0.127. The van der Waals surface area contributed by atoms with Crippen molar-refractivity contribution in [1.82, 2.24) is 4.98 Å². The molecule has 0 spiro atoms. The zero-order valence-corrected chi connectivity index (χ0v) is 11.5. The smallest absolute Gasteiger partial charge is 0.369 e. The first-order valence-electron chi connectivity index (χ1n) is 6.08. The Hall–Kier alpha value is -1.82. The van der Waals surface area contributed by atoms with Crippen LogP contribution in [0.25, 0.3) is 0 Å². The van der Waals surface area contributed by atoms with E-state index in [-0.39, 0.29) is 16.7 Å². The van der Waals surface area contributed by atoms with Gasteiger partial charge in [0.25, 0.3) is 0 Å². The summed E-state index contributed by atoms with van der Waals surface area (Å²) in [7, 11) is 0. The van der Waals surface area contributed by atoms with E-state index in [1.807, 2.05) is 0 Å². The van der Waals surface area contributed by atoms with E-state index in [2.05, 4.69) is 10.3 Å². The molecule has 2 nitrogen and oxygen atoms in total. The van der Waals surface area contributed by atoms with Gasteiger partial charge in [0.1, 0.15) is 11.6 Å². The van der Waals surface area contributed by atoms with Crippen molar-refractivity contribution in [2.45, 2.75) is 12.6 Å². The van der Waals surface area contributed by atoms with E-state index < -0.39 is 11.7 Å². The lowest BCUT2D eigenvalue weighted by Gasteiger charge is -2.11. The number of pyridine rings is 1. The lowest BCUT2D eigenvalue weighted by molar-refractivity contribution is -0.137. The van der Waals surface area contributed by atoms with Gasteiger partial charge in [-0.2, -0.15) is 13.2 Å². The van der Waals surface area contributed by atoms with E-state index in [9.17, 15) is 17.6 Å². The molecule has 1 aromatic carbocycles. The molecule has 1 heterocycles. The highest BCUT2D eigenvalue weighted by Crippen LogP contribution is 2.32. The standard InChI is InChI=1S/C14H11ClF4N2/c15-11-7-10(14(17,18)19)8-21-13(11)20-6-5-9-3-1-2-4-12(9)16/h1-4,7-8H,5-6H2,(H,20,21). The Kier molecular flexibility index (Phi) is 4.67. The van der Waals surface area contributed by atoms with Crippen molar-refractivity contribution in [2.24, 2.45) is 0 Å². The fourth-order valence-corrected chi connectivity index (χ4v) is 1.97. The first-order valence-corrected chi connectivity index (χ1v) is 6.46. The van der Waals surface area contributed by atoms with E-state index in [0.29, 0.717) is 24.7 Å². The maximum atomic E-state index is 13.4. The summed E-state index contributed by atoms with van der Waals surface area (Å²) in [6.07, 6.45) is -3.41. The van der Waals surface area contributed by atoms with Crippen molar-refractivity contribution < 1.29 is 17.6 Å². The van der Waals surface area contributed by atoms with Crippen LogP contribution in [-0.4, -0.2) is 11.5 Å². The Morgan fingerprint density at radius 1 is 1.19 bits per heavy atom. The van der Waals surface area contributed by atoms with Crippen LogP contribution in [-0.2, 0) is 12.6 Å². The number of nitrogens with one attached hydrogen (secondary N) is 1. The summed E-state index contributed by atoms with van der Waals surface area (Å²) < 4.78 is 50.8. The number of nitrogens with zero attached hydrogens (tertiary/aromatic N) is 1. The van der Waals surface area contributed by atoms with Crippen LogP contribution in [0.4, 0.5) is 23.4 Å². The van der Waals surface area contributed by atoms with Crippen LogP contribution in [0.2, 0.25) is 5.02 Å². The molecule has 0 atom stereocenters. The van der Waals surface area contributed by atoms with Gasteiger partial charge in [0.15, 0.2) is 0 Å². The Bertz CT molecular complexity index is 629. The molecule has 0 unspecified atom stereocenters. The topological polar surface area (TPSA) is 24.9 Å². The summed E-state index contributed by atoms with van der Waals surface area (Å²) in [6.45, 7) is 0.305. The average molecular weight is 319 g/mol. The Balaban J connectivity index is 2.00. The predicted molar refractivity (Wildman–Crippen MR) is 72.8 cm³/mol. The third kappa shape index (κ3) is 4.07. The number of hydrogen-bond acceptors (Lipinski definition) is 2. The SMILES string of the molecule is Fc1ccccc1CCNc1ncc(C(F)(F)F)cc1Cl. The van der Waals surface area contributed by atoms with E-state index in [1.54, 1.807) is 18.2 Å². The fraction of sp³-hybridized carbons (Fsp3) is 0.214. The van der Waals surface area contributed by atoms with Gasteiger partial charge in [0.05, 0.1) is 10.6 Å². The van der Waals surface area contributed by atoms with Crippen molar-refractivity contribution in [3.63, 3.8) is 0 Å². The number of aromatic nitrogens is 1. The third-order valence-electron chi connectivity index (χ3n) is 2.81. The molecule has 2 rings (SSSR count). The molecule has 2 aromatic rings. The fourth-order valence-electron chi connectivity index (χ4n) is 1.74. The number of halogens is 5. The second kappa shape index (κ2) is 6.30. The normalized spacial score (nSPS) is 11.5. The number of hydrogen-bond donors (Lipinski definition) is 1. The highest BCUT2D eigenvalue weighted by atomic mass is 35.5. The first-order chi connectivity index (χ1) is 9.88. The molecule has 0 aliphatic rings. The van der Waals surface area contributed by atoms with Crippen molar-refractivity contribution in [3.05, 3.63) is 58.5 Å². The summed E-state index contributed by atoms with van der Waals surface area (Å²) in [4.78, 5) is 3.64. The van der Waals surface area contributed by atoms with Gasteiger partial charge in [-0.3, -0.25) is 0 Å². The molecule has 0 amide bonds. The lowest BCUT2D eigenvalue weighted by atomic mass is 10.1. The number of rotatable bonds is 4. The molecular weight excluding hydrogens is 308 g/mol. The van der Waals surface area contributed by atoms with Crippen LogP contribution in [0.3, 0.4) is 0 Å². The van der Waals surface area contributed by atoms with Crippen LogP contribution in [0.5, 0.6) is 0 Å². The monoisotopic (exact) mass is 318 g/mol. The minimum atomic E-state index is -4.48. The lowest BCUT2D eigenvalue weighted by Crippen LogP contribution is -2.10. The Morgan fingerprint density at radius 2 is 1.90 bits per heavy atom. The molecule has 0 radical (unpaired) electrons. The van der Waals surface area contributed by atoms with Gasteiger partial charge in [-0.1, -0.05) is 29.8 Å². The zero-order valence-electron chi connectivity index (χ0n) is 10.7. The molecule has 0 fully saturated rings. The van der Waals surface area contributed by atoms with Gasteiger partial charge in [0, 0.05) is 12.7 Å². The molecule has 1 aromatic heterocycles. The summed E-state index contributed by atoms with van der Waals surface area (Å²) in [6, 6.07) is 7.08.